The summed E-state index contributed by atoms with van der Waals surface area (Å²) < 4.78 is 5.50. The molecule has 18 heavy (non-hydrogen) atoms. The number of benzene rings is 1. The minimum absolute atomic E-state index is 0.467. The molecular formula is C14H11NO3. The Morgan fingerprint density at radius 3 is 2.61 bits per heavy atom. The first-order valence-electron chi connectivity index (χ1n) is 5.62. The van der Waals surface area contributed by atoms with E-state index >= 15 is 0 Å². The van der Waals surface area contributed by atoms with Crippen molar-refractivity contribution in [3.63, 3.8) is 0 Å². The van der Waals surface area contributed by atoms with Gasteiger partial charge in [-0.05, 0) is 11.6 Å². The number of carbonyl (C=O) groups is 1. The Kier molecular flexibility index (Phi) is 2.38. The number of nitrogens with zero attached hydrogens (tertiary/aromatic N) is 1. The third-order valence-electron chi connectivity index (χ3n) is 3.12. The van der Waals surface area contributed by atoms with Crippen molar-refractivity contribution in [3.05, 3.63) is 66.0 Å². The maximum Gasteiger partial charge on any atom is 0.343 e. The summed E-state index contributed by atoms with van der Waals surface area (Å²) in [6.45, 7) is 0. The minimum atomic E-state index is -1.26. The molecule has 1 aliphatic heterocycles. The maximum atomic E-state index is 11.5. The molecule has 0 amide bonds. The number of hydrogen-bond acceptors (Lipinski definition) is 3. The summed E-state index contributed by atoms with van der Waals surface area (Å²) >= 11 is 0. The zero-order chi connectivity index (χ0) is 12.6. The lowest BCUT2D eigenvalue weighted by molar-refractivity contribution is -0.143. The second kappa shape index (κ2) is 3.92. The van der Waals surface area contributed by atoms with E-state index in [0.717, 1.165) is 5.56 Å². The Morgan fingerprint density at radius 1 is 1.22 bits per heavy atom. The largest absolute Gasteiger partial charge is 0.479 e. The van der Waals surface area contributed by atoms with Gasteiger partial charge in [0, 0.05) is 18.0 Å². The van der Waals surface area contributed by atoms with Gasteiger partial charge in [-0.2, -0.15) is 0 Å². The SMILES string of the molecule is O=C(O)C1(c2ccccc2)OC1c1cccnc1. The van der Waals surface area contributed by atoms with E-state index < -0.39 is 17.7 Å². The second-order valence-corrected chi connectivity index (χ2v) is 4.19. The summed E-state index contributed by atoms with van der Waals surface area (Å²) in [7, 11) is 0. The molecule has 0 spiro atoms. The lowest BCUT2D eigenvalue weighted by Gasteiger charge is -2.07. The van der Waals surface area contributed by atoms with E-state index in [1.807, 2.05) is 24.3 Å². The predicted octanol–water partition coefficient (Wildman–Crippen LogP) is 2.13. The Bertz CT molecular complexity index is 570. The summed E-state index contributed by atoms with van der Waals surface area (Å²) in [5, 5.41) is 9.44. The quantitative estimate of drug-likeness (QED) is 0.836. The minimum Gasteiger partial charge on any atom is -0.479 e. The Hall–Kier alpha value is -2.20. The van der Waals surface area contributed by atoms with Gasteiger partial charge in [0.05, 0.1) is 0 Å². The molecule has 0 aliphatic carbocycles. The molecule has 4 heteroatoms. The van der Waals surface area contributed by atoms with Gasteiger partial charge >= 0.3 is 5.97 Å². The van der Waals surface area contributed by atoms with Crippen molar-refractivity contribution in [2.24, 2.45) is 0 Å². The molecule has 2 aromatic rings. The molecule has 1 aliphatic rings. The van der Waals surface area contributed by atoms with Gasteiger partial charge in [0.25, 0.3) is 0 Å². The van der Waals surface area contributed by atoms with Crippen LogP contribution in [0.2, 0.25) is 0 Å². The van der Waals surface area contributed by atoms with Crippen molar-refractivity contribution in [2.75, 3.05) is 0 Å². The lowest BCUT2D eigenvalue weighted by Crippen LogP contribution is -2.22. The molecule has 1 N–H and O–H groups in total. The van der Waals surface area contributed by atoms with Gasteiger partial charge < -0.3 is 9.84 Å². The molecule has 0 saturated carbocycles. The van der Waals surface area contributed by atoms with Crippen LogP contribution in [0.1, 0.15) is 17.2 Å². The summed E-state index contributed by atoms with van der Waals surface area (Å²) in [6, 6.07) is 12.6. The molecule has 1 saturated heterocycles. The zero-order valence-corrected chi connectivity index (χ0v) is 9.48. The van der Waals surface area contributed by atoms with Crippen LogP contribution >= 0.6 is 0 Å². The summed E-state index contributed by atoms with van der Waals surface area (Å²) in [5.74, 6) is -0.970. The maximum absolute atomic E-state index is 11.5. The van der Waals surface area contributed by atoms with Gasteiger partial charge in [-0.3, -0.25) is 4.98 Å². The van der Waals surface area contributed by atoms with E-state index in [9.17, 15) is 9.90 Å². The molecule has 2 unspecified atom stereocenters. The fourth-order valence-electron chi connectivity index (χ4n) is 2.18. The van der Waals surface area contributed by atoms with E-state index in [2.05, 4.69) is 4.98 Å². The third-order valence-corrected chi connectivity index (χ3v) is 3.12. The van der Waals surface area contributed by atoms with Crippen molar-refractivity contribution in [1.29, 1.82) is 0 Å². The lowest BCUT2D eigenvalue weighted by atomic mass is 9.92. The van der Waals surface area contributed by atoms with Crippen LogP contribution in [0.5, 0.6) is 0 Å². The van der Waals surface area contributed by atoms with Crippen LogP contribution < -0.4 is 0 Å². The third kappa shape index (κ3) is 1.50. The molecule has 2 heterocycles. The van der Waals surface area contributed by atoms with E-state index in [1.54, 1.807) is 30.6 Å². The zero-order valence-electron chi connectivity index (χ0n) is 9.48. The van der Waals surface area contributed by atoms with E-state index in [4.69, 9.17) is 4.74 Å². The highest BCUT2D eigenvalue weighted by Gasteiger charge is 2.65. The number of rotatable bonds is 3. The van der Waals surface area contributed by atoms with Crippen LogP contribution in [0.3, 0.4) is 0 Å². The molecule has 90 valence electrons. The number of ether oxygens (including phenoxy) is 1. The van der Waals surface area contributed by atoms with Crippen LogP contribution in [-0.2, 0) is 15.1 Å². The van der Waals surface area contributed by atoms with Crippen molar-refractivity contribution in [1.82, 2.24) is 4.98 Å². The van der Waals surface area contributed by atoms with Crippen molar-refractivity contribution in [3.8, 4) is 0 Å². The number of aliphatic carboxylic acids is 1. The summed E-state index contributed by atoms with van der Waals surface area (Å²) in [6.07, 6.45) is 2.82. The van der Waals surface area contributed by atoms with Gasteiger partial charge in [-0.1, -0.05) is 36.4 Å². The van der Waals surface area contributed by atoms with E-state index in [0.29, 0.717) is 5.56 Å². The Morgan fingerprint density at radius 2 is 2.00 bits per heavy atom. The summed E-state index contributed by atoms with van der Waals surface area (Å²) in [5.41, 5.74) is 0.180. The Balaban J connectivity index is 2.01. The van der Waals surface area contributed by atoms with Gasteiger partial charge in [0.1, 0.15) is 6.10 Å². The number of pyridine rings is 1. The molecule has 0 bridgehead atoms. The van der Waals surface area contributed by atoms with Gasteiger partial charge in [-0.15, -0.1) is 0 Å². The molecule has 0 radical (unpaired) electrons. The van der Waals surface area contributed by atoms with Crippen LogP contribution in [0, 0.1) is 0 Å². The van der Waals surface area contributed by atoms with Gasteiger partial charge in [-0.25, -0.2) is 4.79 Å². The fraction of sp³-hybridized carbons (Fsp3) is 0.143. The molecule has 1 aromatic heterocycles. The molecule has 3 rings (SSSR count). The highest BCUT2D eigenvalue weighted by molar-refractivity contribution is 5.83. The van der Waals surface area contributed by atoms with Crippen molar-refractivity contribution < 1.29 is 14.6 Å². The first kappa shape index (κ1) is 10.9. The molecule has 1 fully saturated rings. The normalized spacial score (nSPS) is 25.7. The number of carboxylic acids is 1. The van der Waals surface area contributed by atoms with Crippen LogP contribution in [0.25, 0.3) is 0 Å². The van der Waals surface area contributed by atoms with E-state index in [-0.39, 0.29) is 0 Å². The monoisotopic (exact) mass is 241 g/mol. The number of hydrogen-bond donors (Lipinski definition) is 1. The average molecular weight is 241 g/mol. The fourth-order valence-corrected chi connectivity index (χ4v) is 2.18. The van der Waals surface area contributed by atoms with Crippen LogP contribution in [0.15, 0.2) is 54.9 Å². The molecule has 2 atom stereocenters. The topological polar surface area (TPSA) is 62.7 Å². The smallest absolute Gasteiger partial charge is 0.343 e. The average Bonchev–Trinajstić information content (AvgIpc) is 3.18. The first-order chi connectivity index (χ1) is 8.75. The van der Waals surface area contributed by atoms with Crippen LogP contribution in [-0.4, -0.2) is 16.1 Å². The number of carboxylic acid groups (broad SMARTS) is 1. The van der Waals surface area contributed by atoms with Crippen molar-refractivity contribution in [2.45, 2.75) is 11.7 Å². The molecule has 1 aromatic carbocycles. The summed E-state index contributed by atoms with van der Waals surface area (Å²) in [4.78, 5) is 15.5. The highest BCUT2D eigenvalue weighted by atomic mass is 16.6. The number of epoxide rings is 1. The Labute approximate surface area is 104 Å². The van der Waals surface area contributed by atoms with E-state index in [1.165, 1.54) is 0 Å². The predicted molar refractivity (Wildman–Crippen MR) is 63.8 cm³/mol. The van der Waals surface area contributed by atoms with Gasteiger partial charge in [0.15, 0.2) is 0 Å². The van der Waals surface area contributed by atoms with Gasteiger partial charge in [0.2, 0.25) is 5.60 Å². The molecular weight excluding hydrogens is 230 g/mol. The second-order valence-electron chi connectivity index (χ2n) is 4.19. The molecule has 4 nitrogen and oxygen atoms in total. The highest BCUT2D eigenvalue weighted by Crippen LogP contribution is 2.56. The number of aromatic nitrogens is 1. The standard InChI is InChI=1S/C14H11NO3/c16-13(17)14(11-6-2-1-3-7-11)12(18-14)10-5-4-8-15-9-10/h1-9,12H,(H,16,17). The first-order valence-corrected chi connectivity index (χ1v) is 5.62. The van der Waals surface area contributed by atoms with Crippen LogP contribution in [0.4, 0.5) is 0 Å². The van der Waals surface area contributed by atoms with Crippen molar-refractivity contribution >= 4 is 5.97 Å².